The van der Waals surface area contributed by atoms with Crippen LogP contribution in [0.15, 0.2) is 16.9 Å². The number of halogens is 1. The van der Waals surface area contributed by atoms with Crippen molar-refractivity contribution in [2.45, 2.75) is 6.42 Å². The second-order valence-corrected chi connectivity index (χ2v) is 4.76. The first-order valence-electron chi connectivity index (χ1n) is 5.17. The lowest BCUT2D eigenvalue weighted by Gasteiger charge is -2.19. The highest BCUT2D eigenvalue weighted by Crippen LogP contribution is 2.12. The van der Waals surface area contributed by atoms with E-state index < -0.39 is 0 Å². The molecule has 2 heterocycles. The summed E-state index contributed by atoms with van der Waals surface area (Å²) in [5.41, 5.74) is 0. The van der Waals surface area contributed by atoms with Crippen LogP contribution in [0.25, 0.3) is 0 Å². The van der Waals surface area contributed by atoms with E-state index in [1.165, 1.54) is 6.42 Å². The van der Waals surface area contributed by atoms with Gasteiger partial charge in [-0.2, -0.15) is 0 Å². The molecule has 0 unspecified atom stereocenters. The molecule has 0 atom stereocenters. The summed E-state index contributed by atoms with van der Waals surface area (Å²) >= 11 is 3.34. The third-order valence-electron chi connectivity index (χ3n) is 2.61. The van der Waals surface area contributed by atoms with Gasteiger partial charge in [0.2, 0.25) is 5.95 Å². The number of anilines is 1. The summed E-state index contributed by atoms with van der Waals surface area (Å²) < 4.78 is 0.929. The van der Waals surface area contributed by atoms with Gasteiger partial charge < -0.3 is 9.80 Å². The number of nitrogens with zero attached hydrogens (tertiary/aromatic N) is 4. The minimum atomic E-state index is 0.841. The molecule has 1 aliphatic rings. The van der Waals surface area contributed by atoms with Gasteiger partial charge in [-0.1, -0.05) is 0 Å². The van der Waals surface area contributed by atoms with Gasteiger partial charge >= 0.3 is 0 Å². The van der Waals surface area contributed by atoms with E-state index in [1.54, 1.807) is 12.4 Å². The molecule has 2 rings (SSSR count). The third kappa shape index (κ3) is 2.89. The lowest BCUT2D eigenvalue weighted by atomic mass is 10.4. The maximum atomic E-state index is 4.32. The molecule has 0 radical (unpaired) electrons. The molecule has 15 heavy (non-hydrogen) atoms. The Hall–Kier alpha value is -0.680. The zero-order valence-corrected chi connectivity index (χ0v) is 10.4. The van der Waals surface area contributed by atoms with E-state index in [4.69, 9.17) is 0 Å². The lowest BCUT2D eigenvalue weighted by Crippen LogP contribution is -2.30. The molecule has 1 fully saturated rings. The van der Waals surface area contributed by atoms with E-state index >= 15 is 0 Å². The molecule has 1 saturated heterocycles. The Labute approximate surface area is 98.4 Å². The van der Waals surface area contributed by atoms with Crippen LogP contribution in [0, 0.1) is 0 Å². The van der Waals surface area contributed by atoms with Crippen molar-refractivity contribution in [2.75, 3.05) is 38.1 Å². The maximum absolute atomic E-state index is 4.32. The topological polar surface area (TPSA) is 32.3 Å². The predicted octanol–water partition coefficient (Wildman–Crippen LogP) is 1.38. The van der Waals surface area contributed by atoms with Crippen molar-refractivity contribution in [1.82, 2.24) is 14.9 Å². The van der Waals surface area contributed by atoms with E-state index in [2.05, 4.69) is 42.7 Å². The Morgan fingerprint density at radius 1 is 1.13 bits per heavy atom. The van der Waals surface area contributed by atoms with Crippen LogP contribution in [-0.4, -0.2) is 48.1 Å². The molecule has 4 nitrogen and oxygen atoms in total. The third-order valence-corrected chi connectivity index (χ3v) is 3.02. The second-order valence-electron chi connectivity index (χ2n) is 3.85. The minimum absolute atomic E-state index is 0.841. The van der Waals surface area contributed by atoms with E-state index in [-0.39, 0.29) is 0 Å². The largest absolute Gasteiger partial charge is 0.339 e. The highest BCUT2D eigenvalue weighted by atomic mass is 79.9. The van der Waals surface area contributed by atoms with Gasteiger partial charge in [-0.25, -0.2) is 9.97 Å². The summed E-state index contributed by atoms with van der Waals surface area (Å²) in [6.07, 6.45) is 4.78. The van der Waals surface area contributed by atoms with Crippen LogP contribution in [0.4, 0.5) is 5.95 Å². The van der Waals surface area contributed by atoms with E-state index in [9.17, 15) is 0 Å². The van der Waals surface area contributed by atoms with E-state index in [1.807, 2.05) is 0 Å². The average molecular weight is 271 g/mol. The van der Waals surface area contributed by atoms with Crippen molar-refractivity contribution >= 4 is 21.9 Å². The molecule has 0 amide bonds. The minimum Gasteiger partial charge on any atom is -0.339 e. The van der Waals surface area contributed by atoms with Crippen LogP contribution in [0.5, 0.6) is 0 Å². The summed E-state index contributed by atoms with van der Waals surface area (Å²) in [4.78, 5) is 13.2. The van der Waals surface area contributed by atoms with Gasteiger partial charge in [0.25, 0.3) is 0 Å². The van der Waals surface area contributed by atoms with E-state index in [0.29, 0.717) is 0 Å². The summed E-state index contributed by atoms with van der Waals surface area (Å²) in [6.45, 7) is 4.30. The molecule has 0 spiro atoms. The lowest BCUT2D eigenvalue weighted by molar-refractivity contribution is 0.360. The van der Waals surface area contributed by atoms with Crippen LogP contribution >= 0.6 is 15.9 Å². The zero-order valence-electron chi connectivity index (χ0n) is 8.86. The number of hydrogen-bond acceptors (Lipinski definition) is 4. The molecular formula is C10H15BrN4. The Kier molecular flexibility index (Phi) is 3.53. The fraction of sp³-hybridized carbons (Fsp3) is 0.600. The molecule has 0 aromatic carbocycles. The van der Waals surface area contributed by atoms with Gasteiger partial charge in [0, 0.05) is 32.0 Å². The SMILES string of the molecule is CN1CCCN(c2ncc(Br)cn2)CC1. The van der Waals surface area contributed by atoms with Gasteiger partial charge in [-0.05, 0) is 35.9 Å². The molecule has 82 valence electrons. The van der Waals surface area contributed by atoms with Gasteiger partial charge in [0.15, 0.2) is 0 Å². The van der Waals surface area contributed by atoms with Gasteiger partial charge in [-0.3, -0.25) is 0 Å². The summed E-state index contributed by atoms with van der Waals surface area (Å²) in [5, 5.41) is 0. The van der Waals surface area contributed by atoms with Crippen molar-refractivity contribution in [2.24, 2.45) is 0 Å². The first-order valence-corrected chi connectivity index (χ1v) is 5.96. The van der Waals surface area contributed by atoms with Gasteiger partial charge in [0.1, 0.15) is 0 Å². The molecule has 0 N–H and O–H groups in total. The highest BCUT2D eigenvalue weighted by molar-refractivity contribution is 9.10. The van der Waals surface area contributed by atoms with Crippen molar-refractivity contribution in [1.29, 1.82) is 0 Å². The Morgan fingerprint density at radius 2 is 1.87 bits per heavy atom. The molecule has 1 aliphatic heterocycles. The molecule has 0 saturated carbocycles. The van der Waals surface area contributed by atoms with E-state index in [0.717, 1.165) is 36.6 Å². The van der Waals surface area contributed by atoms with Crippen molar-refractivity contribution in [3.05, 3.63) is 16.9 Å². The molecule has 0 aliphatic carbocycles. The molecule has 0 bridgehead atoms. The number of likely N-dealkylation sites (N-methyl/N-ethyl adjacent to an activating group) is 1. The van der Waals surface area contributed by atoms with Crippen molar-refractivity contribution < 1.29 is 0 Å². The fourth-order valence-corrected chi connectivity index (χ4v) is 1.92. The highest BCUT2D eigenvalue weighted by Gasteiger charge is 2.14. The van der Waals surface area contributed by atoms with Crippen LogP contribution in [0.2, 0.25) is 0 Å². The Bertz CT molecular complexity index is 314. The van der Waals surface area contributed by atoms with Crippen molar-refractivity contribution in [3.63, 3.8) is 0 Å². The fourth-order valence-electron chi connectivity index (χ4n) is 1.72. The van der Waals surface area contributed by atoms with Crippen LogP contribution in [0.1, 0.15) is 6.42 Å². The summed E-state index contributed by atoms with van der Waals surface area (Å²) in [6, 6.07) is 0. The van der Waals surface area contributed by atoms with Crippen LogP contribution < -0.4 is 4.90 Å². The molecule has 5 heteroatoms. The standard InChI is InChI=1S/C10H15BrN4/c1-14-3-2-4-15(6-5-14)10-12-7-9(11)8-13-10/h7-8H,2-6H2,1H3. The number of aromatic nitrogens is 2. The first-order chi connectivity index (χ1) is 7.25. The summed E-state index contributed by atoms with van der Waals surface area (Å²) in [5.74, 6) is 0.841. The molecule has 1 aromatic rings. The summed E-state index contributed by atoms with van der Waals surface area (Å²) in [7, 11) is 2.16. The Morgan fingerprint density at radius 3 is 2.60 bits per heavy atom. The average Bonchev–Trinajstić information content (AvgIpc) is 2.44. The van der Waals surface area contributed by atoms with Crippen LogP contribution in [-0.2, 0) is 0 Å². The zero-order chi connectivity index (χ0) is 10.7. The second kappa shape index (κ2) is 4.90. The van der Waals surface area contributed by atoms with Gasteiger partial charge in [-0.15, -0.1) is 0 Å². The normalized spacial score (nSPS) is 18.9. The quantitative estimate of drug-likeness (QED) is 0.772. The molecular weight excluding hydrogens is 256 g/mol. The number of rotatable bonds is 1. The number of hydrogen-bond donors (Lipinski definition) is 0. The van der Waals surface area contributed by atoms with Crippen molar-refractivity contribution in [3.8, 4) is 0 Å². The van der Waals surface area contributed by atoms with Gasteiger partial charge in [0.05, 0.1) is 4.47 Å². The Balaban J connectivity index is 2.06. The monoisotopic (exact) mass is 270 g/mol. The first kappa shape index (κ1) is 10.8. The van der Waals surface area contributed by atoms with Crippen LogP contribution in [0.3, 0.4) is 0 Å². The molecule has 1 aromatic heterocycles. The maximum Gasteiger partial charge on any atom is 0.225 e. The predicted molar refractivity (Wildman–Crippen MR) is 64.1 cm³/mol. The smallest absolute Gasteiger partial charge is 0.225 e.